The number of pyridine rings is 3. The minimum Gasteiger partial charge on any atom is -0.383 e. The highest BCUT2D eigenvalue weighted by Gasteiger charge is 2.26. The van der Waals surface area contributed by atoms with E-state index in [1.165, 1.54) is 6.33 Å². The lowest BCUT2D eigenvalue weighted by Crippen LogP contribution is -2.27. The van der Waals surface area contributed by atoms with Crippen LogP contribution in [0.5, 0.6) is 0 Å². The fourth-order valence-electron chi connectivity index (χ4n) is 5.36. The van der Waals surface area contributed by atoms with Gasteiger partial charge < -0.3 is 11.1 Å². The zero-order chi connectivity index (χ0) is 28.1. The van der Waals surface area contributed by atoms with Crippen molar-refractivity contribution >= 4 is 22.9 Å². The summed E-state index contributed by atoms with van der Waals surface area (Å²) in [6.45, 7) is 3.78. The van der Waals surface area contributed by atoms with Crippen LogP contribution < -0.4 is 11.1 Å². The number of nitrogen functional groups attached to an aromatic ring is 1. The third-order valence-electron chi connectivity index (χ3n) is 7.45. The Morgan fingerprint density at radius 2 is 1.93 bits per heavy atom. The van der Waals surface area contributed by atoms with Gasteiger partial charge in [-0.05, 0) is 86.3 Å². The number of hydrogen-bond acceptors (Lipinski definition) is 8. The lowest BCUT2D eigenvalue weighted by molar-refractivity contribution is 0.0936. The highest BCUT2D eigenvalue weighted by atomic mass is 16.1. The molecule has 0 aliphatic heterocycles. The van der Waals surface area contributed by atoms with Crippen molar-refractivity contribution in [3.8, 4) is 22.9 Å². The summed E-state index contributed by atoms with van der Waals surface area (Å²) in [7, 11) is 0. The van der Waals surface area contributed by atoms with Gasteiger partial charge in [0.2, 0.25) is 0 Å². The van der Waals surface area contributed by atoms with E-state index in [9.17, 15) is 4.79 Å². The van der Waals surface area contributed by atoms with Crippen molar-refractivity contribution in [3.05, 3.63) is 102 Å². The highest BCUT2D eigenvalue weighted by molar-refractivity contribution is 5.94. The van der Waals surface area contributed by atoms with E-state index in [2.05, 4.69) is 37.5 Å². The first-order valence-electron chi connectivity index (χ1n) is 13.3. The van der Waals surface area contributed by atoms with Crippen LogP contribution in [-0.4, -0.2) is 45.2 Å². The number of benzene rings is 1. The normalized spacial score (nSPS) is 14.3. The Bertz CT molecular complexity index is 1940. The maximum absolute atomic E-state index is 12.9. The molecule has 0 bridgehead atoms. The zero-order valence-electron chi connectivity index (χ0n) is 22.5. The van der Waals surface area contributed by atoms with Crippen molar-refractivity contribution in [2.24, 2.45) is 0 Å². The molecule has 3 N–H and O–H groups in total. The van der Waals surface area contributed by atoms with Crippen LogP contribution >= 0.6 is 0 Å². The summed E-state index contributed by atoms with van der Waals surface area (Å²) in [6, 6.07) is 17.3. The number of carbonyl (C=O) groups is 1. The number of aryl methyl sites for hydroxylation is 3. The summed E-state index contributed by atoms with van der Waals surface area (Å²) < 4.78 is 3.69. The van der Waals surface area contributed by atoms with Crippen molar-refractivity contribution in [1.29, 1.82) is 0 Å². The molecule has 0 fully saturated rings. The molecule has 11 heteroatoms. The van der Waals surface area contributed by atoms with Gasteiger partial charge in [0.05, 0.1) is 17.2 Å². The van der Waals surface area contributed by atoms with Gasteiger partial charge in [0, 0.05) is 23.8 Å². The molecule has 41 heavy (non-hydrogen) atoms. The first kappa shape index (κ1) is 24.6. The average molecular weight is 543 g/mol. The lowest BCUT2D eigenvalue weighted by Gasteiger charge is -2.16. The van der Waals surface area contributed by atoms with E-state index in [-0.39, 0.29) is 11.9 Å². The molecular weight excluding hydrogens is 516 g/mol. The van der Waals surface area contributed by atoms with Crippen molar-refractivity contribution in [2.75, 3.05) is 5.73 Å². The molecule has 6 aromatic rings. The van der Waals surface area contributed by atoms with Gasteiger partial charge in [0.1, 0.15) is 23.5 Å². The molecule has 1 aromatic carbocycles. The molecule has 1 atom stereocenters. The van der Waals surface area contributed by atoms with Crippen molar-refractivity contribution in [1.82, 2.24) is 44.6 Å². The summed E-state index contributed by atoms with van der Waals surface area (Å²) in [4.78, 5) is 35.6. The molecule has 5 aromatic heterocycles. The summed E-state index contributed by atoms with van der Waals surface area (Å²) in [6.07, 6.45) is 6.41. The quantitative estimate of drug-likeness (QED) is 0.332. The third-order valence-corrected chi connectivity index (χ3v) is 7.45. The Hall–Kier alpha value is -5.45. The van der Waals surface area contributed by atoms with Gasteiger partial charge in [-0.2, -0.15) is 9.78 Å². The third kappa shape index (κ3) is 4.27. The number of imidazole rings is 1. The summed E-state index contributed by atoms with van der Waals surface area (Å²) >= 11 is 0. The topological polar surface area (TPSA) is 142 Å². The van der Waals surface area contributed by atoms with E-state index in [1.807, 2.05) is 54.8 Å². The van der Waals surface area contributed by atoms with E-state index in [1.54, 1.807) is 23.1 Å². The monoisotopic (exact) mass is 542 g/mol. The Balaban J connectivity index is 1.31. The molecular formula is C30H26N10O. The van der Waals surface area contributed by atoms with Gasteiger partial charge >= 0.3 is 0 Å². The van der Waals surface area contributed by atoms with Gasteiger partial charge in [-0.3, -0.25) is 14.3 Å². The summed E-state index contributed by atoms with van der Waals surface area (Å²) in [5.41, 5.74) is 13.0. The fraction of sp³-hybridized carbons (Fsp3) is 0.167. The van der Waals surface area contributed by atoms with Gasteiger partial charge in [0.25, 0.3) is 5.91 Å². The SMILES string of the molecule is Cc1ccc(C(=O)N[C@H]2CCc3cc(-n4c(-c5cccnc5N)nc5ccc(-n6ncnc6C)nc54)ccc32)cn1. The van der Waals surface area contributed by atoms with Gasteiger partial charge in [0.15, 0.2) is 17.3 Å². The number of anilines is 1. The minimum atomic E-state index is -0.130. The second kappa shape index (κ2) is 9.63. The van der Waals surface area contributed by atoms with Crippen LogP contribution in [0, 0.1) is 13.8 Å². The first-order valence-corrected chi connectivity index (χ1v) is 13.3. The van der Waals surface area contributed by atoms with Crippen LogP contribution in [0.4, 0.5) is 5.82 Å². The average Bonchev–Trinajstić information content (AvgIpc) is 3.69. The van der Waals surface area contributed by atoms with E-state index in [0.717, 1.165) is 41.2 Å². The van der Waals surface area contributed by atoms with Crippen molar-refractivity contribution in [2.45, 2.75) is 32.7 Å². The lowest BCUT2D eigenvalue weighted by atomic mass is 10.1. The van der Waals surface area contributed by atoms with E-state index >= 15 is 0 Å². The number of amides is 1. The summed E-state index contributed by atoms with van der Waals surface area (Å²) in [5, 5.41) is 7.50. The maximum atomic E-state index is 12.9. The molecule has 7 rings (SSSR count). The molecule has 1 aliphatic carbocycles. The van der Waals surface area contributed by atoms with E-state index in [0.29, 0.717) is 39.8 Å². The number of aromatic nitrogens is 8. The smallest absolute Gasteiger partial charge is 0.253 e. The molecule has 0 saturated heterocycles. The van der Waals surface area contributed by atoms with E-state index in [4.69, 9.17) is 15.7 Å². The van der Waals surface area contributed by atoms with Gasteiger partial charge in [-0.1, -0.05) is 6.07 Å². The number of nitrogens with two attached hydrogens (primary N) is 1. The molecule has 0 radical (unpaired) electrons. The van der Waals surface area contributed by atoms with Crippen molar-refractivity contribution in [3.63, 3.8) is 0 Å². The highest BCUT2D eigenvalue weighted by Crippen LogP contribution is 2.36. The molecule has 202 valence electrons. The molecule has 0 saturated carbocycles. The molecule has 11 nitrogen and oxygen atoms in total. The summed E-state index contributed by atoms with van der Waals surface area (Å²) in [5.74, 6) is 2.25. The Kier molecular flexibility index (Phi) is 5.77. The number of rotatable bonds is 5. The molecule has 1 aliphatic rings. The molecule has 1 amide bonds. The Morgan fingerprint density at radius 1 is 1.02 bits per heavy atom. The second-order valence-electron chi connectivity index (χ2n) is 10.1. The van der Waals surface area contributed by atoms with Crippen LogP contribution in [-0.2, 0) is 6.42 Å². The molecule has 5 heterocycles. The van der Waals surface area contributed by atoms with Crippen molar-refractivity contribution < 1.29 is 4.79 Å². The number of carbonyl (C=O) groups excluding carboxylic acids is 1. The standard InChI is InChI=1S/C30H26N10O/c1-17-5-6-20(15-33-17)30(41)37-24-10-7-19-14-21(8-9-22(19)24)39-28(23-4-3-13-32-27(23)31)36-25-11-12-26(38-29(25)39)40-18(2)34-16-35-40/h3-6,8-9,11-16,24H,7,10H2,1-2H3,(H2,31,32)(H,37,41)/t24-/m0/s1. The maximum Gasteiger partial charge on any atom is 0.253 e. The Labute approximate surface area is 235 Å². The fourth-order valence-corrected chi connectivity index (χ4v) is 5.36. The predicted octanol–water partition coefficient (Wildman–Crippen LogP) is 4.07. The number of hydrogen-bond donors (Lipinski definition) is 2. The molecule has 0 unspecified atom stereocenters. The number of nitrogens with zero attached hydrogens (tertiary/aromatic N) is 8. The molecule has 0 spiro atoms. The van der Waals surface area contributed by atoms with Crippen LogP contribution in [0.15, 0.2) is 73.3 Å². The predicted molar refractivity (Wildman–Crippen MR) is 154 cm³/mol. The number of nitrogens with one attached hydrogen (secondary N) is 1. The Morgan fingerprint density at radius 3 is 2.71 bits per heavy atom. The second-order valence-corrected chi connectivity index (χ2v) is 10.1. The minimum absolute atomic E-state index is 0.0826. The number of fused-ring (bicyclic) bond motifs is 2. The van der Waals surface area contributed by atoms with Crippen LogP contribution in [0.1, 0.15) is 45.5 Å². The van der Waals surface area contributed by atoms with Crippen LogP contribution in [0.25, 0.3) is 34.1 Å². The van der Waals surface area contributed by atoms with E-state index < -0.39 is 0 Å². The van der Waals surface area contributed by atoms with Gasteiger partial charge in [-0.15, -0.1) is 0 Å². The van der Waals surface area contributed by atoms with Crippen LogP contribution in [0.3, 0.4) is 0 Å². The first-order chi connectivity index (χ1) is 20.0. The van der Waals surface area contributed by atoms with Gasteiger partial charge in [-0.25, -0.2) is 19.9 Å². The van der Waals surface area contributed by atoms with Crippen LogP contribution in [0.2, 0.25) is 0 Å². The largest absolute Gasteiger partial charge is 0.383 e. The zero-order valence-corrected chi connectivity index (χ0v) is 22.5.